The topological polar surface area (TPSA) is 44.2 Å². The van der Waals surface area contributed by atoms with Gasteiger partial charge in [-0.3, -0.25) is 0 Å². The van der Waals surface area contributed by atoms with Crippen molar-refractivity contribution in [3.63, 3.8) is 0 Å². The molecule has 0 atom stereocenters. The molecule has 0 bridgehead atoms. The zero-order valence-corrected chi connectivity index (χ0v) is 19.6. The first-order valence-corrected chi connectivity index (χ1v) is 12.1. The van der Waals surface area contributed by atoms with Gasteiger partial charge >= 0.3 is 0 Å². The first kappa shape index (κ1) is 23.8. The second-order valence-electron chi connectivity index (χ2n) is 8.13. The predicted molar refractivity (Wildman–Crippen MR) is 132 cm³/mol. The van der Waals surface area contributed by atoms with E-state index in [-0.39, 0.29) is 0 Å². The molecule has 3 rings (SSSR count). The molecule has 0 radical (unpaired) electrons. The van der Waals surface area contributed by atoms with E-state index in [1.165, 1.54) is 38.5 Å². The van der Waals surface area contributed by atoms with Gasteiger partial charge in [0.15, 0.2) is 5.82 Å². The summed E-state index contributed by atoms with van der Waals surface area (Å²) in [4.78, 5) is 9.24. The number of aromatic nitrogens is 2. The molecule has 0 amide bonds. The number of benzene rings is 2. The maximum absolute atomic E-state index is 5.85. The molecule has 0 saturated heterocycles. The van der Waals surface area contributed by atoms with Gasteiger partial charge in [-0.1, -0.05) is 52.4 Å². The molecular weight excluding hydrogens is 396 g/mol. The van der Waals surface area contributed by atoms with E-state index in [2.05, 4.69) is 31.0 Å². The Labute approximate surface area is 193 Å². The lowest BCUT2D eigenvalue weighted by Crippen LogP contribution is -1.98. The van der Waals surface area contributed by atoms with Gasteiger partial charge < -0.3 is 9.47 Å². The zero-order valence-electron chi connectivity index (χ0n) is 19.6. The Hall–Kier alpha value is -2.88. The molecule has 1 heterocycles. The highest BCUT2D eigenvalue weighted by molar-refractivity contribution is 5.64. The van der Waals surface area contributed by atoms with Crippen molar-refractivity contribution in [2.45, 2.75) is 65.2 Å². The lowest BCUT2D eigenvalue weighted by molar-refractivity contribution is 0.305. The summed E-state index contributed by atoms with van der Waals surface area (Å²) in [5.74, 6) is 2.52. The number of unbranched alkanes of at least 4 members (excludes halogenated alkanes) is 6. The fourth-order valence-electron chi connectivity index (χ4n) is 3.52. The average molecular weight is 433 g/mol. The first-order chi connectivity index (χ1) is 15.8. The summed E-state index contributed by atoms with van der Waals surface area (Å²) in [7, 11) is 0. The van der Waals surface area contributed by atoms with Crippen molar-refractivity contribution in [3.8, 4) is 34.1 Å². The second kappa shape index (κ2) is 13.5. The van der Waals surface area contributed by atoms with Crippen molar-refractivity contribution in [2.24, 2.45) is 0 Å². The van der Waals surface area contributed by atoms with Crippen molar-refractivity contribution in [3.05, 3.63) is 60.8 Å². The van der Waals surface area contributed by atoms with Crippen LogP contribution >= 0.6 is 0 Å². The Morgan fingerprint density at radius 1 is 0.594 bits per heavy atom. The van der Waals surface area contributed by atoms with Crippen LogP contribution in [0.3, 0.4) is 0 Å². The summed E-state index contributed by atoms with van der Waals surface area (Å²) in [5, 5.41) is 0. The van der Waals surface area contributed by atoms with Crippen LogP contribution in [0.4, 0.5) is 0 Å². The highest BCUT2D eigenvalue weighted by atomic mass is 16.5. The smallest absolute Gasteiger partial charge is 0.159 e. The lowest BCUT2D eigenvalue weighted by atomic mass is 10.1. The minimum Gasteiger partial charge on any atom is -0.494 e. The predicted octanol–water partition coefficient (Wildman–Crippen LogP) is 7.73. The molecule has 4 heteroatoms. The van der Waals surface area contributed by atoms with E-state index in [9.17, 15) is 0 Å². The molecule has 0 fully saturated rings. The van der Waals surface area contributed by atoms with Gasteiger partial charge in [0.25, 0.3) is 0 Å². The number of hydrogen-bond acceptors (Lipinski definition) is 4. The summed E-state index contributed by atoms with van der Waals surface area (Å²) in [6, 6.07) is 18.1. The van der Waals surface area contributed by atoms with Crippen molar-refractivity contribution < 1.29 is 9.47 Å². The van der Waals surface area contributed by atoms with Crippen LogP contribution in [-0.2, 0) is 0 Å². The van der Waals surface area contributed by atoms with E-state index < -0.39 is 0 Å². The largest absolute Gasteiger partial charge is 0.494 e. The van der Waals surface area contributed by atoms with E-state index in [0.717, 1.165) is 54.4 Å². The Morgan fingerprint density at radius 2 is 1.12 bits per heavy atom. The minimum atomic E-state index is 0.716. The number of hydrogen-bond donors (Lipinski definition) is 0. The molecule has 0 aliphatic heterocycles. The summed E-state index contributed by atoms with van der Waals surface area (Å²) in [5.41, 5.74) is 2.94. The molecule has 0 unspecified atom stereocenters. The van der Waals surface area contributed by atoms with Crippen molar-refractivity contribution >= 4 is 0 Å². The quantitative estimate of drug-likeness (QED) is 0.244. The van der Waals surface area contributed by atoms with Gasteiger partial charge in [-0.05, 0) is 67.4 Å². The molecule has 1 aromatic heterocycles. The number of ether oxygens (including phenoxy) is 2. The molecule has 170 valence electrons. The lowest BCUT2D eigenvalue weighted by Gasteiger charge is -2.09. The highest BCUT2D eigenvalue weighted by Crippen LogP contribution is 2.24. The van der Waals surface area contributed by atoms with Gasteiger partial charge in [0.05, 0.1) is 18.9 Å². The van der Waals surface area contributed by atoms with Gasteiger partial charge in [0.1, 0.15) is 11.5 Å². The second-order valence-corrected chi connectivity index (χ2v) is 8.13. The third kappa shape index (κ3) is 7.67. The van der Waals surface area contributed by atoms with Crippen LogP contribution in [0, 0.1) is 0 Å². The third-order valence-electron chi connectivity index (χ3n) is 5.45. The Morgan fingerprint density at radius 3 is 1.66 bits per heavy atom. The molecule has 0 spiro atoms. The molecule has 0 aliphatic carbocycles. The normalized spacial score (nSPS) is 10.8. The Balaban J connectivity index is 1.56. The van der Waals surface area contributed by atoms with Crippen LogP contribution in [0.5, 0.6) is 11.5 Å². The van der Waals surface area contributed by atoms with E-state index in [1.807, 2.05) is 48.7 Å². The van der Waals surface area contributed by atoms with E-state index in [0.29, 0.717) is 5.82 Å². The van der Waals surface area contributed by atoms with Crippen LogP contribution < -0.4 is 9.47 Å². The number of nitrogens with zero attached hydrogens (tertiary/aromatic N) is 2. The summed E-state index contributed by atoms with van der Waals surface area (Å²) < 4.78 is 11.7. The van der Waals surface area contributed by atoms with Crippen molar-refractivity contribution in [1.82, 2.24) is 9.97 Å². The Bertz CT molecular complexity index is 835. The SMILES string of the molecule is CCCCCCOc1ccc(-c2ccnc(-c3ccc(OCCCCCC)cc3)n2)cc1. The fourth-order valence-corrected chi connectivity index (χ4v) is 3.52. The molecule has 3 aromatic rings. The maximum atomic E-state index is 5.85. The van der Waals surface area contributed by atoms with E-state index in [4.69, 9.17) is 14.5 Å². The van der Waals surface area contributed by atoms with Crippen molar-refractivity contribution in [2.75, 3.05) is 13.2 Å². The molecular formula is C28H36N2O2. The van der Waals surface area contributed by atoms with Gasteiger partial charge in [0.2, 0.25) is 0 Å². The van der Waals surface area contributed by atoms with Crippen LogP contribution in [0.1, 0.15) is 65.2 Å². The monoisotopic (exact) mass is 432 g/mol. The molecule has 0 N–H and O–H groups in total. The molecule has 32 heavy (non-hydrogen) atoms. The third-order valence-corrected chi connectivity index (χ3v) is 5.45. The van der Waals surface area contributed by atoms with E-state index >= 15 is 0 Å². The molecule has 4 nitrogen and oxygen atoms in total. The van der Waals surface area contributed by atoms with Gasteiger partial charge in [-0.25, -0.2) is 9.97 Å². The highest BCUT2D eigenvalue weighted by Gasteiger charge is 2.06. The average Bonchev–Trinajstić information content (AvgIpc) is 2.85. The molecule has 2 aromatic carbocycles. The van der Waals surface area contributed by atoms with Gasteiger partial charge in [-0.15, -0.1) is 0 Å². The molecule has 0 aliphatic rings. The minimum absolute atomic E-state index is 0.716. The van der Waals surface area contributed by atoms with Crippen LogP contribution in [0.2, 0.25) is 0 Å². The summed E-state index contributed by atoms with van der Waals surface area (Å²) in [6.07, 6.45) is 11.5. The maximum Gasteiger partial charge on any atom is 0.159 e. The van der Waals surface area contributed by atoms with E-state index in [1.54, 1.807) is 0 Å². The Kier molecular flexibility index (Phi) is 10.0. The van der Waals surface area contributed by atoms with Gasteiger partial charge in [-0.2, -0.15) is 0 Å². The zero-order chi connectivity index (χ0) is 22.4. The standard InChI is InChI=1S/C28H36N2O2/c1-3-5-7-9-21-31-25-15-11-23(12-16-25)27-19-20-29-28(30-27)24-13-17-26(18-14-24)32-22-10-8-6-4-2/h11-20H,3-10,21-22H2,1-2H3. The summed E-state index contributed by atoms with van der Waals surface area (Å²) >= 11 is 0. The summed E-state index contributed by atoms with van der Waals surface area (Å²) in [6.45, 7) is 5.98. The first-order valence-electron chi connectivity index (χ1n) is 12.1. The van der Waals surface area contributed by atoms with Crippen LogP contribution in [0.15, 0.2) is 60.8 Å². The number of rotatable bonds is 14. The fraction of sp³-hybridized carbons (Fsp3) is 0.429. The van der Waals surface area contributed by atoms with Crippen molar-refractivity contribution in [1.29, 1.82) is 0 Å². The van der Waals surface area contributed by atoms with Gasteiger partial charge in [0, 0.05) is 17.3 Å². The van der Waals surface area contributed by atoms with Crippen LogP contribution in [-0.4, -0.2) is 23.2 Å². The molecule has 0 saturated carbocycles. The van der Waals surface area contributed by atoms with Crippen LogP contribution in [0.25, 0.3) is 22.6 Å².